The molecule has 3 nitrogen and oxygen atoms in total. The molecule has 0 fully saturated rings. The van der Waals surface area contributed by atoms with Gasteiger partial charge in [-0.05, 0) is 30.0 Å². The molecule has 5 heteroatoms. The van der Waals surface area contributed by atoms with Crippen molar-refractivity contribution >= 4 is 34.5 Å². The van der Waals surface area contributed by atoms with Crippen molar-refractivity contribution in [2.75, 3.05) is 12.3 Å². The van der Waals surface area contributed by atoms with E-state index in [1.54, 1.807) is 11.0 Å². The van der Waals surface area contributed by atoms with Gasteiger partial charge in [0.05, 0.1) is 5.02 Å². The standard InChI is InChI=1S/C14H15ClN2OS/c1-2-17(9-10-5-3-4-6-12(10)16)14(18)13-11(15)7-8-19-13/h3-8H,2,9,16H2,1H3. The molecule has 19 heavy (non-hydrogen) atoms. The third-order valence-corrected chi connectivity index (χ3v) is 4.23. The number of halogens is 1. The normalized spacial score (nSPS) is 10.4. The molecule has 0 saturated carbocycles. The largest absolute Gasteiger partial charge is 0.398 e. The third kappa shape index (κ3) is 3.08. The summed E-state index contributed by atoms with van der Waals surface area (Å²) >= 11 is 7.37. The quantitative estimate of drug-likeness (QED) is 0.875. The number of carbonyl (C=O) groups is 1. The van der Waals surface area contributed by atoms with Gasteiger partial charge in [-0.25, -0.2) is 0 Å². The van der Waals surface area contributed by atoms with Crippen LogP contribution in [0.3, 0.4) is 0 Å². The van der Waals surface area contributed by atoms with Crippen LogP contribution in [0.2, 0.25) is 5.02 Å². The first kappa shape index (κ1) is 13.9. The fourth-order valence-electron chi connectivity index (χ4n) is 1.80. The van der Waals surface area contributed by atoms with Gasteiger partial charge in [0, 0.05) is 18.8 Å². The number of thiophene rings is 1. The average Bonchev–Trinajstić information content (AvgIpc) is 2.83. The van der Waals surface area contributed by atoms with Crippen LogP contribution in [0, 0.1) is 0 Å². The molecule has 1 aromatic heterocycles. The van der Waals surface area contributed by atoms with E-state index >= 15 is 0 Å². The molecule has 0 saturated heterocycles. The number of nitrogens with two attached hydrogens (primary N) is 1. The van der Waals surface area contributed by atoms with Crippen molar-refractivity contribution < 1.29 is 4.79 Å². The van der Waals surface area contributed by atoms with Crippen LogP contribution < -0.4 is 5.73 Å². The molecule has 2 rings (SSSR count). The van der Waals surface area contributed by atoms with E-state index in [1.165, 1.54) is 11.3 Å². The van der Waals surface area contributed by atoms with Gasteiger partial charge < -0.3 is 10.6 Å². The summed E-state index contributed by atoms with van der Waals surface area (Å²) in [7, 11) is 0. The second kappa shape index (κ2) is 6.08. The molecule has 0 spiro atoms. The minimum Gasteiger partial charge on any atom is -0.398 e. The lowest BCUT2D eigenvalue weighted by atomic mass is 10.1. The smallest absolute Gasteiger partial charge is 0.265 e. The van der Waals surface area contributed by atoms with Crippen LogP contribution in [0.4, 0.5) is 5.69 Å². The van der Waals surface area contributed by atoms with Gasteiger partial charge >= 0.3 is 0 Å². The summed E-state index contributed by atoms with van der Waals surface area (Å²) in [6, 6.07) is 9.31. The summed E-state index contributed by atoms with van der Waals surface area (Å²) in [4.78, 5) is 14.7. The molecule has 1 heterocycles. The van der Waals surface area contributed by atoms with Gasteiger partial charge in [0.1, 0.15) is 4.88 Å². The molecule has 2 aromatic rings. The number of hydrogen-bond donors (Lipinski definition) is 1. The summed E-state index contributed by atoms with van der Waals surface area (Å²) in [6.45, 7) is 3.05. The molecule has 1 aromatic carbocycles. The first-order valence-electron chi connectivity index (χ1n) is 5.99. The van der Waals surface area contributed by atoms with Crippen molar-refractivity contribution in [3.05, 3.63) is 51.2 Å². The summed E-state index contributed by atoms with van der Waals surface area (Å²) in [5.74, 6) is -0.0502. The maximum atomic E-state index is 12.4. The average molecular weight is 295 g/mol. The summed E-state index contributed by atoms with van der Waals surface area (Å²) in [5, 5.41) is 2.33. The zero-order valence-corrected chi connectivity index (χ0v) is 12.2. The van der Waals surface area contributed by atoms with E-state index in [2.05, 4.69) is 0 Å². The Hall–Kier alpha value is -1.52. The second-order valence-electron chi connectivity index (χ2n) is 4.12. The molecular weight excluding hydrogens is 280 g/mol. The van der Waals surface area contributed by atoms with E-state index in [0.29, 0.717) is 28.7 Å². The van der Waals surface area contributed by atoms with E-state index < -0.39 is 0 Å². The van der Waals surface area contributed by atoms with Gasteiger partial charge in [-0.15, -0.1) is 11.3 Å². The van der Waals surface area contributed by atoms with Crippen LogP contribution in [-0.2, 0) is 6.54 Å². The minimum atomic E-state index is -0.0502. The second-order valence-corrected chi connectivity index (χ2v) is 5.44. The highest BCUT2D eigenvalue weighted by Gasteiger charge is 2.19. The van der Waals surface area contributed by atoms with Gasteiger partial charge in [-0.1, -0.05) is 29.8 Å². The van der Waals surface area contributed by atoms with Gasteiger partial charge in [0.25, 0.3) is 5.91 Å². The van der Waals surface area contributed by atoms with Gasteiger partial charge in [-0.3, -0.25) is 4.79 Å². The maximum Gasteiger partial charge on any atom is 0.265 e. The third-order valence-electron chi connectivity index (χ3n) is 2.90. The first-order chi connectivity index (χ1) is 9.13. The lowest BCUT2D eigenvalue weighted by molar-refractivity contribution is 0.0758. The van der Waals surface area contributed by atoms with Crippen molar-refractivity contribution in [1.82, 2.24) is 4.90 Å². The summed E-state index contributed by atoms with van der Waals surface area (Å²) in [6.07, 6.45) is 0. The zero-order chi connectivity index (χ0) is 13.8. The van der Waals surface area contributed by atoms with Crippen LogP contribution in [0.5, 0.6) is 0 Å². The van der Waals surface area contributed by atoms with Gasteiger partial charge in [-0.2, -0.15) is 0 Å². The highest BCUT2D eigenvalue weighted by molar-refractivity contribution is 7.12. The molecular formula is C14H15ClN2OS. The molecule has 0 atom stereocenters. The number of carbonyl (C=O) groups excluding carboxylic acids is 1. The number of para-hydroxylation sites is 1. The van der Waals surface area contributed by atoms with E-state index in [9.17, 15) is 4.79 Å². The molecule has 1 amide bonds. The Balaban J connectivity index is 2.20. The fraction of sp³-hybridized carbons (Fsp3) is 0.214. The predicted molar refractivity (Wildman–Crippen MR) is 80.6 cm³/mol. The van der Waals surface area contributed by atoms with Crippen LogP contribution in [0.1, 0.15) is 22.2 Å². The Morgan fingerprint density at radius 3 is 2.68 bits per heavy atom. The van der Waals surface area contributed by atoms with Crippen LogP contribution in [-0.4, -0.2) is 17.4 Å². The molecule has 100 valence electrons. The Labute approximate surface area is 121 Å². The number of hydrogen-bond acceptors (Lipinski definition) is 3. The molecule has 0 unspecified atom stereocenters. The molecule has 0 aliphatic rings. The van der Waals surface area contributed by atoms with E-state index in [1.807, 2.05) is 36.6 Å². The van der Waals surface area contributed by atoms with Crippen molar-refractivity contribution in [2.45, 2.75) is 13.5 Å². The molecule has 0 aliphatic carbocycles. The van der Waals surface area contributed by atoms with Crippen molar-refractivity contribution in [1.29, 1.82) is 0 Å². The Bertz CT molecular complexity index is 582. The number of nitrogens with zero attached hydrogens (tertiary/aromatic N) is 1. The Morgan fingerprint density at radius 1 is 1.37 bits per heavy atom. The first-order valence-corrected chi connectivity index (χ1v) is 7.25. The zero-order valence-electron chi connectivity index (χ0n) is 10.6. The Morgan fingerprint density at radius 2 is 2.11 bits per heavy atom. The summed E-state index contributed by atoms with van der Waals surface area (Å²) in [5.41, 5.74) is 7.56. The van der Waals surface area contributed by atoms with Crippen molar-refractivity contribution in [2.24, 2.45) is 0 Å². The van der Waals surface area contributed by atoms with Crippen LogP contribution in [0.15, 0.2) is 35.7 Å². The van der Waals surface area contributed by atoms with E-state index in [-0.39, 0.29) is 5.91 Å². The number of anilines is 1. The highest BCUT2D eigenvalue weighted by Crippen LogP contribution is 2.24. The minimum absolute atomic E-state index is 0.0502. The lowest BCUT2D eigenvalue weighted by Crippen LogP contribution is -2.30. The Kier molecular flexibility index (Phi) is 4.45. The van der Waals surface area contributed by atoms with Crippen LogP contribution >= 0.6 is 22.9 Å². The fourth-order valence-corrected chi connectivity index (χ4v) is 2.90. The van der Waals surface area contributed by atoms with E-state index in [0.717, 1.165) is 5.56 Å². The van der Waals surface area contributed by atoms with Crippen molar-refractivity contribution in [3.63, 3.8) is 0 Å². The molecule has 2 N–H and O–H groups in total. The molecule has 0 radical (unpaired) electrons. The SMILES string of the molecule is CCN(Cc1ccccc1N)C(=O)c1sccc1Cl. The van der Waals surface area contributed by atoms with Gasteiger partial charge in [0.2, 0.25) is 0 Å². The van der Waals surface area contributed by atoms with Crippen LogP contribution in [0.25, 0.3) is 0 Å². The number of nitrogen functional groups attached to an aromatic ring is 1. The highest BCUT2D eigenvalue weighted by atomic mass is 35.5. The monoisotopic (exact) mass is 294 g/mol. The lowest BCUT2D eigenvalue weighted by Gasteiger charge is -2.21. The maximum absolute atomic E-state index is 12.4. The van der Waals surface area contributed by atoms with E-state index in [4.69, 9.17) is 17.3 Å². The molecule has 0 bridgehead atoms. The predicted octanol–water partition coefficient (Wildman–Crippen LogP) is 3.65. The topological polar surface area (TPSA) is 46.3 Å². The van der Waals surface area contributed by atoms with Crippen molar-refractivity contribution in [3.8, 4) is 0 Å². The summed E-state index contributed by atoms with van der Waals surface area (Å²) < 4.78 is 0. The number of rotatable bonds is 4. The number of benzene rings is 1. The van der Waals surface area contributed by atoms with Gasteiger partial charge in [0.15, 0.2) is 0 Å². The number of amides is 1. The molecule has 0 aliphatic heterocycles.